The Balaban J connectivity index is 1.43. The summed E-state index contributed by atoms with van der Waals surface area (Å²) in [6, 6.07) is 13.7. The third-order valence-electron chi connectivity index (χ3n) is 5.95. The molecule has 1 N–H and O–H groups in total. The molecule has 4 rings (SSSR count). The molecule has 2 amide bonds. The number of rotatable bonds is 4. The van der Waals surface area contributed by atoms with Crippen LogP contribution in [0.5, 0.6) is 0 Å². The number of aryl methyl sites for hydroxylation is 2. The monoisotopic (exact) mass is 448 g/mol. The van der Waals surface area contributed by atoms with Crippen molar-refractivity contribution in [2.75, 3.05) is 16.8 Å². The fourth-order valence-corrected chi connectivity index (χ4v) is 4.59. The van der Waals surface area contributed by atoms with Crippen LogP contribution >= 0.6 is 11.3 Å². The summed E-state index contributed by atoms with van der Waals surface area (Å²) in [7, 11) is 0. The summed E-state index contributed by atoms with van der Waals surface area (Å²) >= 11 is 1.33. The van der Waals surface area contributed by atoms with Gasteiger partial charge in [0.1, 0.15) is 5.01 Å². The van der Waals surface area contributed by atoms with Crippen molar-refractivity contribution in [2.45, 2.75) is 52.4 Å². The number of anilines is 2. The summed E-state index contributed by atoms with van der Waals surface area (Å²) in [6.07, 6.45) is 0.393. The van der Waals surface area contributed by atoms with Crippen LogP contribution in [0.2, 0.25) is 0 Å². The van der Waals surface area contributed by atoms with Crippen LogP contribution in [-0.2, 0) is 10.2 Å². The van der Waals surface area contributed by atoms with Gasteiger partial charge in [0, 0.05) is 30.1 Å². The zero-order chi connectivity index (χ0) is 23.0. The number of hydrogen-bond acceptors (Lipinski definition) is 5. The van der Waals surface area contributed by atoms with Gasteiger partial charge in [-0.2, -0.15) is 0 Å². The maximum absolute atomic E-state index is 12.6. The van der Waals surface area contributed by atoms with Gasteiger partial charge in [-0.1, -0.05) is 50.3 Å². The maximum atomic E-state index is 12.6. The van der Waals surface area contributed by atoms with E-state index in [2.05, 4.69) is 43.2 Å². The van der Waals surface area contributed by atoms with Gasteiger partial charge in [-0.15, -0.1) is 10.2 Å². The molecular weight excluding hydrogens is 420 g/mol. The molecule has 0 radical (unpaired) electrons. The Labute approximate surface area is 192 Å². The van der Waals surface area contributed by atoms with Crippen LogP contribution in [0.15, 0.2) is 42.5 Å². The van der Waals surface area contributed by atoms with E-state index in [-0.39, 0.29) is 23.1 Å². The molecule has 1 atom stereocenters. The molecule has 7 heteroatoms. The minimum atomic E-state index is -0.215. The number of amides is 2. The van der Waals surface area contributed by atoms with Crippen molar-refractivity contribution in [3.8, 4) is 0 Å². The molecule has 166 valence electrons. The number of carbonyl (C=O) groups excluding carboxylic acids is 2. The smallest absolute Gasteiger partial charge is 0.257 e. The van der Waals surface area contributed by atoms with Gasteiger partial charge < -0.3 is 4.90 Å². The molecule has 2 aromatic carbocycles. The highest BCUT2D eigenvalue weighted by atomic mass is 32.1. The Bertz CT molecular complexity index is 1160. The van der Waals surface area contributed by atoms with Gasteiger partial charge in [0.05, 0.1) is 0 Å². The minimum Gasteiger partial charge on any atom is -0.312 e. The second kappa shape index (κ2) is 8.47. The molecule has 6 nitrogen and oxygen atoms in total. The summed E-state index contributed by atoms with van der Waals surface area (Å²) in [5.74, 6) is -0.163. The lowest BCUT2D eigenvalue weighted by Gasteiger charge is -2.18. The van der Waals surface area contributed by atoms with E-state index in [1.807, 2.05) is 54.3 Å². The first-order chi connectivity index (χ1) is 15.1. The van der Waals surface area contributed by atoms with Crippen molar-refractivity contribution in [3.63, 3.8) is 0 Å². The summed E-state index contributed by atoms with van der Waals surface area (Å²) in [6.45, 7) is 11.1. The number of benzene rings is 2. The van der Waals surface area contributed by atoms with E-state index >= 15 is 0 Å². The molecule has 1 fully saturated rings. The zero-order valence-electron chi connectivity index (χ0n) is 19.1. The fraction of sp³-hybridized carbons (Fsp3) is 0.360. The van der Waals surface area contributed by atoms with E-state index in [9.17, 15) is 9.59 Å². The van der Waals surface area contributed by atoms with Gasteiger partial charge in [-0.25, -0.2) is 0 Å². The Hall–Kier alpha value is -3.06. The van der Waals surface area contributed by atoms with Crippen LogP contribution in [0.1, 0.15) is 65.2 Å². The fourth-order valence-electron chi connectivity index (χ4n) is 3.76. The van der Waals surface area contributed by atoms with Crippen molar-refractivity contribution < 1.29 is 9.59 Å². The Kier molecular flexibility index (Phi) is 5.86. The van der Waals surface area contributed by atoms with E-state index in [4.69, 9.17) is 0 Å². The number of carbonyl (C=O) groups is 2. The summed E-state index contributed by atoms with van der Waals surface area (Å²) in [4.78, 5) is 27.1. The SMILES string of the molecule is Cc1ccc(N2CC(c3nnc(NC(=O)c4ccc(C(C)(C)C)cc4)s3)CC2=O)cc1C. The van der Waals surface area contributed by atoms with Crippen molar-refractivity contribution in [3.05, 3.63) is 69.7 Å². The molecule has 1 unspecified atom stereocenters. The first kappa shape index (κ1) is 22.1. The molecule has 2 heterocycles. The van der Waals surface area contributed by atoms with Crippen LogP contribution in [0.4, 0.5) is 10.8 Å². The third-order valence-corrected chi connectivity index (χ3v) is 6.95. The predicted octanol–water partition coefficient (Wildman–Crippen LogP) is 5.23. The van der Waals surface area contributed by atoms with Crippen LogP contribution in [0.3, 0.4) is 0 Å². The van der Waals surface area contributed by atoms with Crippen LogP contribution < -0.4 is 10.2 Å². The number of nitrogens with one attached hydrogen (secondary N) is 1. The average Bonchev–Trinajstić information content (AvgIpc) is 3.36. The van der Waals surface area contributed by atoms with E-state index in [0.29, 0.717) is 23.7 Å². The van der Waals surface area contributed by atoms with Crippen LogP contribution in [0.25, 0.3) is 0 Å². The van der Waals surface area contributed by atoms with E-state index in [1.54, 1.807) is 0 Å². The molecule has 1 aliphatic heterocycles. The highest BCUT2D eigenvalue weighted by Gasteiger charge is 2.34. The minimum absolute atomic E-state index is 0.0293. The highest BCUT2D eigenvalue weighted by molar-refractivity contribution is 7.15. The molecule has 0 aliphatic carbocycles. The van der Waals surface area contributed by atoms with Crippen molar-refractivity contribution >= 4 is 34.0 Å². The van der Waals surface area contributed by atoms with Crippen molar-refractivity contribution in [1.29, 1.82) is 0 Å². The van der Waals surface area contributed by atoms with Crippen molar-refractivity contribution in [1.82, 2.24) is 10.2 Å². The normalized spacial score (nSPS) is 16.5. The van der Waals surface area contributed by atoms with E-state index < -0.39 is 0 Å². The highest BCUT2D eigenvalue weighted by Crippen LogP contribution is 2.35. The molecule has 3 aromatic rings. The Morgan fingerprint density at radius 1 is 1.06 bits per heavy atom. The van der Waals surface area contributed by atoms with Gasteiger partial charge in [0.2, 0.25) is 11.0 Å². The van der Waals surface area contributed by atoms with Gasteiger partial charge in [0.25, 0.3) is 5.91 Å². The maximum Gasteiger partial charge on any atom is 0.257 e. The molecule has 1 saturated heterocycles. The molecule has 0 spiro atoms. The number of nitrogens with zero attached hydrogens (tertiary/aromatic N) is 3. The molecule has 32 heavy (non-hydrogen) atoms. The average molecular weight is 449 g/mol. The van der Waals surface area contributed by atoms with E-state index in [1.165, 1.54) is 22.5 Å². The Morgan fingerprint density at radius 2 is 1.78 bits per heavy atom. The zero-order valence-corrected chi connectivity index (χ0v) is 19.9. The quantitative estimate of drug-likeness (QED) is 0.593. The second-order valence-electron chi connectivity index (χ2n) is 9.40. The third kappa shape index (κ3) is 4.58. The molecule has 0 bridgehead atoms. The second-order valence-corrected chi connectivity index (χ2v) is 10.4. The van der Waals surface area contributed by atoms with Crippen molar-refractivity contribution in [2.24, 2.45) is 0 Å². The van der Waals surface area contributed by atoms with Crippen LogP contribution in [0, 0.1) is 13.8 Å². The summed E-state index contributed by atoms with van der Waals surface area (Å²) < 4.78 is 0. The van der Waals surface area contributed by atoms with Gasteiger partial charge in [-0.3, -0.25) is 14.9 Å². The topological polar surface area (TPSA) is 75.2 Å². The molecule has 0 saturated carbocycles. The first-order valence-electron chi connectivity index (χ1n) is 10.7. The molecular formula is C25H28N4O2S. The molecule has 1 aromatic heterocycles. The number of hydrogen-bond donors (Lipinski definition) is 1. The predicted molar refractivity (Wildman–Crippen MR) is 129 cm³/mol. The van der Waals surface area contributed by atoms with Gasteiger partial charge in [0.15, 0.2) is 0 Å². The largest absolute Gasteiger partial charge is 0.312 e. The first-order valence-corrected chi connectivity index (χ1v) is 11.6. The lowest BCUT2D eigenvalue weighted by molar-refractivity contribution is -0.117. The summed E-state index contributed by atoms with van der Waals surface area (Å²) in [5, 5.41) is 12.4. The van der Waals surface area contributed by atoms with E-state index in [0.717, 1.165) is 16.3 Å². The lowest BCUT2D eigenvalue weighted by atomic mass is 9.87. The summed E-state index contributed by atoms with van der Waals surface area (Å²) in [5.41, 5.74) is 5.06. The van der Waals surface area contributed by atoms with Gasteiger partial charge >= 0.3 is 0 Å². The van der Waals surface area contributed by atoms with Crippen LogP contribution in [-0.4, -0.2) is 28.6 Å². The Morgan fingerprint density at radius 3 is 2.44 bits per heavy atom. The van der Waals surface area contributed by atoms with Gasteiger partial charge in [-0.05, 0) is 60.2 Å². The standard InChI is InChI=1S/C25H28N4O2S/c1-15-6-11-20(12-16(15)2)29-14-18(13-21(29)30)23-27-28-24(32-23)26-22(31)17-7-9-19(10-8-17)25(3,4)5/h6-12,18H,13-14H2,1-5H3,(H,26,28,31). The lowest BCUT2D eigenvalue weighted by Crippen LogP contribution is -2.24. The molecule has 1 aliphatic rings. The number of aromatic nitrogens is 2.